The summed E-state index contributed by atoms with van der Waals surface area (Å²) < 4.78 is 5.06. The molecule has 0 aromatic heterocycles. The normalized spacial score (nSPS) is 18.7. The molecule has 2 amide bonds. The zero-order chi connectivity index (χ0) is 13.1. The molecule has 5 nitrogen and oxygen atoms in total. The second-order valence-electron chi connectivity index (χ2n) is 4.41. The van der Waals surface area contributed by atoms with Crippen molar-refractivity contribution in [2.24, 2.45) is 0 Å². The number of ether oxygens (including phenoxy) is 1. The van der Waals surface area contributed by atoms with E-state index >= 15 is 0 Å². The standard InChI is InChI=1S/C13H16N2O3/c1-9-5-3-4-6-11(9)12(16)14-7-10-8-15(2)13(17)18-10/h3-6,10H,7-8H2,1-2H3,(H,14,16). The van der Waals surface area contributed by atoms with Crippen molar-refractivity contribution in [3.63, 3.8) is 0 Å². The van der Waals surface area contributed by atoms with Gasteiger partial charge < -0.3 is 15.0 Å². The van der Waals surface area contributed by atoms with Crippen LogP contribution in [0, 0.1) is 6.92 Å². The first kappa shape index (κ1) is 12.4. The Bertz CT molecular complexity index is 473. The SMILES string of the molecule is Cc1ccccc1C(=O)NCC1CN(C)C(=O)O1. The number of hydrogen-bond acceptors (Lipinski definition) is 3. The van der Waals surface area contributed by atoms with Gasteiger partial charge in [0.25, 0.3) is 5.91 Å². The van der Waals surface area contributed by atoms with E-state index in [-0.39, 0.29) is 18.1 Å². The molecule has 1 aromatic carbocycles. The number of carbonyl (C=O) groups excluding carboxylic acids is 2. The van der Waals surface area contributed by atoms with Crippen LogP contribution in [0.1, 0.15) is 15.9 Å². The maximum Gasteiger partial charge on any atom is 0.410 e. The second-order valence-corrected chi connectivity index (χ2v) is 4.41. The lowest BCUT2D eigenvalue weighted by atomic mass is 10.1. The van der Waals surface area contributed by atoms with E-state index in [0.717, 1.165) is 5.56 Å². The summed E-state index contributed by atoms with van der Waals surface area (Å²) in [6.45, 7) is 2.73. The molecular formula is C13H16N2O3. The molecule has 1 heterocycles. The molecule has 0 spiro atoms. The van der Waals surface area contributed by atoms with Gasteiger partial charge in [-0.1, -0.05) is 18.2 Å². The molecule has 0 radical (unpaired) electrons. The van der Waals surface area contributed by atoms with Crippen molar-refractivity contribution < 1.29 is 14.3 Å². The van der Waals surface area contributed by atoms with Crippen molar-refractivity contribution in [2.45, 2.75) is 13.0 Å². The molecule has 1 atom stereocenters. The molecule has 1 fully saturated rings. The zero-order valence-corrected chi connectivity index (χ0v) is 10.5. The molecule has 1 unspecified atom stereocenters. The molecule has 0 bridgehead atoms. The fraction of sp³-hybridized carbons (Fsp3) is 0.385. The van der Waals surface area contributed by atoms with Crippen LogP contribution in [0.15, 0.2) is 24.3 Å². The van der Waals surface area contributed by atoms with Gasteiger partial charge in [-0.25, -0.2) is 4.79 Å². The number of amides is 2. The number of aryl methyl sites for hydroxylation is 1. The van der Waals surface area contributed by atoms with Gasteiger partial charge in [-0.15, -0.1) is 0 Å². The summed E-state index contributed by atoms with van der Waals surface area (Å²) in [7, 11) is 1.67. The Balaban J connectivity index is 1.90. The maximum absolute atomic E-state index is 11.9. The minimum atomic E-state index is -0.342. The number of nitrogens with one attached hydrogen (secondary N) is 1. The predicted octanol–water partition coefficient (Wildman–Crippen LogP) is 1.18. The molecule has 18 heavy (non-hydrogen) atoms. The third-order valence-electron chi connectivity index (χ3n) is 2.94. The number of benzene rings is 1. The van der Waals surface area contributed by atoms with E-state index in [1.807, 2.05) is 25.1 Å². The predicted molar refractivity (Wildman–Crippen MR) is 66.4 cm³/mol. The lowest BCUT2D eigenvalue weighted by molar-refractivity contribution is 0.0914. The third-order valence-corrected chi connectivity index (χ3v) is 2.94. The van der Waals surface area contributed by atoms with Crippen LogP contribution in [-0.4, -0.2) is 43.1 Å². The van der Waals surface area contributed by atoms with E-state index in [0.29, 0.717) is 18.7 Å². The molecule has 1 N–H and O–H groups in total. The number of likely N-dealkylation sites (N-methyl/N-ethyl adjacent to an activating group) is 1. The summed E-state index contributed by atoms with van der Waals surface area (Å²) >= 11 is 0. The first-order valence-corrected chi connectivity index (χ1v) is 5.83. The van der Waals surface area contributed by atoms with Crippen molar-refractivity contribution in [3.05, 3.63) is 35.4 Å². The van der Waals surface area contributed by atoms with Crippen LogP contribution in [0.4, 0.5) is 4.79 Å². The lowest BCUT2D eigenvalue weighted by Crippen LogP contribution is -2.34. The van der Waals surface area contributed by atoms with Crippen LogP contribution < -0.4 is 5.32 Å². The zero-order valence-electron chi connectivity index (χ0n) is 10.5. The van der Waals surface area contributed by atoms with E-state index in [1.165, 1.54) is 4.90 Å². The van der Waals surface area contributed by atoms with E-state index < -0.39 is 0 Å². The topological polar surface area (TPSA) is 58.6 Å². The number of nitrogens with zero attached hydrogens (tertiary/aromatic N) is 1. The Labute approximate surface area is 106 Å². The summed E-state index contributed by atoms with van der Waals surface area (Å²) in [4.78, 5) is 24.6. The summed E-state index contributed by atoms with van der Waals surface area (Å²) in [6.07, 6.45) is -0.611. The molecule has 2 rings (SSSR count). The Hall–Kier alpha value is -2.04. The summed E-state index contributed by atoms with van der Waals surface area (Å²) in [5.74, 6) is -0.140. The minimum Gasteiger partial charge on any atom is -0.442 e. The Morgan fingerprint density at radius 1 is 1.50 bits per heavy atom. The maximum atomic E-state index is 11.9. The van der Waals surface area contributed by atoms with Crippen LogP contribution in [0.5, 0.6) is 0 Å². The quantitative estimate of drug-likeness (QED) is 0.873. The first-order chi connectivity index (χ1) is 8.58. The van der Waals surface area contributed by atoms with E-state index in [2.05, 4.69) is 5.32 Å². The Morgan fingerprint density at radius 2 is 2.22 bits per heavy atom. The number of cyclic esters (lactones) is 1. The van der Waals surface area contributed by atoms with Crippen molar-refractivity contribution in [2.75, 3.05) is 20.1 Å². The first-order valence-electron chi connectivity index (χ1n) is 5.83. The average molecular weight is 248 g/mol. The number of hydrogen-bond donors (Lipinski definition) is 1. The van der Waals surface area contributed by atoms with Crippen LogP contribution in [0.2, 0.25) is 0 Å². The van der Waals surface area contributed by atoms with Gasteiger partial charge in [0.2, 0.25) is 0 Å². The van der Waals surface area contributed by atoms with Gasteiger partial charge >= 0.3 is 6.09 Å². The summed E-state index contributed by atoms with van der Waals surface area (Å²) in [5, 5.41) is 2.78. The second kappa shape index (κ2) is 5.08. The summed E-state index contributed by atoms with van der Waals surface area (Å²) in [6, 6.07) is 7.38. The van der Waals surface area contributed by atoms with Gasteiger partial charge in [0, 0.05) is 12.6 Å². The highest BCUT2D eigenvalue weighted by atomic mass is 16.6. The van der Waals surface area contributed by atoms with Gasteiger partial charge in [-0.2, -0.15) is 0 Å². The van der Waals surface area contributed by atoms with Crippen LogP contribution >= 0.6 is 0 Å². The largest absolute Gasteiger partial charge is 0.442 e. The molecular weight excluding hydrogens is 232 g/mol. The molecule has 0 saturated carbocycles. The van der Waals surface area contributed by atoms with E-state index in [9.17, 15) is 9.59 Å². The smallest absolute Gasteiger partial charge is 0.410 e. The van der Waals surface area contributed by atoms with E-state index in [4.69, 9.17) is 4.74 Å². The molecule has 1 aliphatic rings. The van der Waals surface area contributed by atoms with Gasteiger partial charge in [0.15, 0.2) is 0 Å². The monoisotopic (exact) mass is 248 g/mol. The Kier molecular flexibility index (Phi) is 3.50. The van der Waals surface area contributed by atoms with E-state index in [1.54, 1.807) is 13.1 Å². The van der Waals surface area contributed by atoms with Gasteiger partial charge in [0.05, 0.1) is 13.1 Å². The molecule has 1 aromatic rings. The number of rotatable bonds is 3. The molecule has 1 saturated heterocycles. The van der Waals surface area contributed by atoms with Crippen LogP contribution in [0.3, 0.4) is 0 Å². The highest BCUT2D eigenvalue weighted by Gasteiger charge is 2.28. The van der Waals surface area contributed by atoms with Gasteiger partial charge in [0.1, 0.15) is 6.10 Å². The van der Waals surface area contributed by atoms with Crippen molar-refractivity contribution in [1.29, 1.82) is 0 Å². The number of carbonyl (C=O) groups is 2. The fourth-order valence-electron chi connectivity index (χ4n) is 1.89. The van der Waals surface area contributed by atoms with Crippen LogP contribution in [0.25, 0.3) is 0 Å². The Morgan fingerprint density at radius 3 is 2.83 bits per heavy atom. The molecule has 5 heteroatoms. The van der Waals surface area contributed by atoms with Crippen LogP contribution in [-0.2, 0) is 4.74 Å². The van der Waals surface area contributed by atoms with Gasteiger partial charge in [-0.05, 0) is 18.6 Å². The summed E-state index contributed by atoms with van der Waals surface area (Å²) in [5.41, 5.74) is 1.57. The lowest BCUT2D eigenvalue weighted by Gasteiger charge is -2.10. The minimum absolute atomic E-state index is 0.140. The molecule has 1 aliphatic heterocycles. The average Bonchev–Trinajstić information content (AvgIpc) is 2.66. The molecule has 96 valence electrons. The third kappa shape index (κ3) is 2.61. The van der Waals surface area contributed by atoms with Crippen molar-refractivity contribution in [3.8, 4) is 0 Å². The molecule has 0 aliphatic carbocycles. The highest BCUT2D eigenvalue weighted by molar-refractivity contribution is 5.95. The highest BCUT2D eigenvalue weighted by Crippen LogP contribution is 2.09. The van der Waals surface area contributed by atoms with Gasteiger partial charge in [-0.3, -0.25) is 4.79 Å². The fourth-order valence-corrected chi connectivity index (χ4v) is 1.89. The van der Waals surface area contributed by atoms with Crippen molar-refractivity contribution >= 4 is 12.0 Å². The van der Waals surface area contributed by atoms with Crippen molar-refractivity contribution in [1.82, 2.24) is 10.2 Å².